The predicted molar refractivity (Wildman–Crippen MR) is 81.1 cm³/mol. The van der Waals surface area contributed by atoms with Crippen LogP contribution in [0.15, 0.2) is 23.2 Å². The normalized spacial score (nSPS) is 11.7. The molecule has 0 aliphatic carbocycles. The molecule has 2 aromatic rings. The number of hydrogen-bond acceptors (Lipinski definition) is 4. The molecule has 0 aliphatic rings. The van der Waals surface area contributed by atoms with Crippen molar-refractivity contribution in [2.24, 2.45) is 7.05 Å². The van der Waals surface area contributed by atoms with Crippen molar-refractivity contribution in [2.45, 2.75) is 18.4 Å². The summed E-state index contributed by atoms with van der Waals surface area (Å²) in [5.74, 6) is 0. The minimum absolute atomic E-state index is 0.0981. The number of anilines is 1. The third-order valence-corrected chi connectivity index (χ3v) is 5.16. The fourth-order valence-corrected chi connectivity index (χ4v) is 3.83. The standard InChI is InChI=1S/C12H13Cl2N3O3S/c1-7-10(5-17(2)15-7)16-21(19,20)11-4-3-9(13)8(6-18)12(11)14/h3-5,16,18H,6H2,1-2H3. The lowest BCUT2D eigenvalue weighted by molar-refractivity contribution is 0.282. The summed E-state index contributed by atoms with van der Waals surface area (Å²) in [6.07, 6.45) is 1.55. The van der Waals surface area contributed by atoms with Crippen molar-refractivity contribution in [3.8, 4) is 0 Å². The fraction of sp³-hybridized carbons (Fsp3) is 0.250. The molecule has 0 amide bonds. The maximum absolute atomic E-state index is 12.4. The van der Waals surface area contributed by atoms with Gasteiger partial charge >= 0.3 is 0 Å². The summed E-state index contributed by atoms with van der Waals surface area (Å²) in [6, 6.07) is 2.67. The van der Waals surface area contributed by atoms with Crippen molar-refractivity contribution in [3.05, 3.63) is 39.6 Å². The van der Waals surface area contributed by atoms with Gasteiger partial charge in [-0.25, -0.2) is 8.42 Å². The summed E-state index contributed by atoms with van der Waals surface area (Å²) >= 11 is 11.9. The van der Waals surface area contributed by atoms with Gasteiger partial charge in [0, 0.05) is 23.8 Å². The van der Waals surface area contributed by atoms with E-state index in [0.717, 1.165) is 0 Å². The SMILES string of the molecule is Cc1nn(C)cc1NS(=O)(=O)c1ccc(Cl)c(CO)c1Cl. The second-order valence-electron chi connectivity index (χ2n) is 4.40. The number of nitrogens with one attached hydrogen (secondary N) is 1. The summed E-state index contributed by atoms with van der Waals surface area (Å²) in [6.45, 7) is 1.23. The molecule has 1 aromatic heterocycles. The van der Waals surface area contributed by atoms with Crippen LogP contribution in [0.25, 0.3) is 0 Å². The van der Waals surface area contributed by atoms with Gasteiger partial charge < -0.3 is 5.11 Å². The Kier molecular flexibility index (Phi) is 4.48. The number of benzene rings is 1. The zero-order chi connectivity index (χ0) is 15.8. The second-order valence-corrected chi connectivity index (χ2v) is 6.84. The zero-order valence-electron chi connectivity index (χ0n) is 11.3. The van der Waals surface area contributed by atoms with Crippen LogP contribution in [-0.4, -0.2) is 23.3 Å². The van der Waals surface area contributed by atoms with Crippen molar-refractivity contribution in [2.75, 3.05) is 4.72 Å². The number of aliphatic hydroxyl groups is 1. The number of rotatable bonds is 4. The van der Waals surface area contributed by atoms with Gasteiger partial charge in [-0.05, 0) is 19.1 Å². The zero-order valence-corrected chi connectivity index (χ0v) is 13.6. The van der Waals surface area contributed by atoms with E-state index in [0.29, 0.717) is 11.4 Å². The van der Waals surface area contributed by atoms with Gasteiger partial charge in [-0.1, -0.05) is 23.2 Å². The molecule has 21 heavy (non-hydrogen) atoms. The first kappa shape index (κ1) is 16.1. The Balaban J connectivity index is 2.48. The number of aromatic nitrogens is 2. The van der Waals surface area contributed by atoms with Gasteiger partial charge in [0.15, 0.2) is 0 Å². The first-order chi connectivity index (χ1) is 9.76. The quantitative estimate of drug-likeness (QED) is 0.886. The molecule has 1 aromatic carbocycles. The molecule has 0 atom stereocenters. The summed E-state index contributed by atoms with van der Waals surface area (Å²) in [5.41, 5.74) is 1.06. The van der Waals surface area contributed by atoms with Crippen LogP contribution in [-0.2, 0) is 23.7 Å². The Morgan fingerprint density at radius 1 is 1.38 bits per heavy atom. The van der Waals surface area contributed by atoms with Gasteiger partial charge in [0.05, 0.1) is 23.0 Å². The van der Waals surface area contributed by atoms with E-state index >= 15 is 0 Å². The lowest BCUT2D eigenvalue weighted by Gasteiger charge is -2.11. The fourth-order valence-electron chi connectivity index (χ4n) is 1.83. The van der Waals surface area contributed by atoms with E-state index in [9.17, 15) is 13.5 Å². The largest absolute Gasteiger partial charge is 0.392 e. The van der Waals surface area contributed by atoms with Crippen LogP contribution in [0.2, 0.25) is 10.0 Å². The molecule has 6 nitrogen and oxygen atoms in total. The first-order valence-electron chi connectivity index (χ1n) is 5.87. The van der Waals surface area contributed by atoms with Gasteiger partial charge in [-0.3, -0.25) is 9.40 Å². The summed E-state index contributed by atoms with van der Waals surface area (Å²) in [7, 11) is -2.22. The molecule has 114 valence electrons. The first-order valence-corrected chi connectivity index (χ1v) is 8.11. The molecule has 2 N–H and O–H groups in total. The number of aryl methyl sites for hydroxylation is 2. The van der Waals surface area contributed by atoms with E-state index in [-0.39, 0.29) is 20.5 Å². The Bertz CT molecular complexity index is 787. The molecule has 0 bridgehead atoms. The second kappa shape index (κ2) is 5.84. The molecule has 0 saturated heterocycles. The van der Waals surface area contributed by atoms with Crippen molar-refractivity contribution in [3.63, 3.8) is 0 Å². The average molecular weight is 350 g/mol. The number of hydrogen-bond donors (Lipinski definition) is 2. The van der Waals surface area contributed by atoms with Crippen molar-refractivity contribution in [1.82, 2.24) is 9.78 Å². The molecule has 0 aliphatic heterocycles. The summed E-state index contributed by atoms with van der Waals surface area (Å²) < 4.78 is 28.7. The Morgan fingerprint density at radius 2 is 2.05 bits per heavy atom. The number of aliphatic hydroxyl groups excluding tert-OH is 1. The lowest BCUT2D eigenvalue weighted by Crippen LogP contribution is -2.14. The molecule has 9 heteroatoms. The predicted octanol–water partition coefficient (Wildman–Crippen LogP) is 2.33. The molecular formula is C12H13Cl2N3O3S. The topological polar surface area (TPSA) is 84.2 Å². The molecule has 0 spiro atoms. The van der Waals surface area contributed by atoms with Gasteiger partial charge in [0.25, 0.3) is 10.0 Å². The summed E-state index contributed by atoms with van der Waals surface area (Å²) in [4.78, 5) is -0.152. The van der Waals surface area contributed by atoms with Crippen LogP contribution in [0, 0.1) is 6.92 Å². The molecule has 0 unspecified atom stereocenters. The Morgan fingerprint density at radius 3 is 2.57 bits per heavy atom. The van der Waals surface area contributed by atoms with Crippen LogP contribution in [0.4, 0.5) is 5.69 Å². The van der Waals surface area contributed by atoms with E-state index < -0.39 is 16.6 Å². The third-order valence-electron chi connectivity index (χ3n) is 2.86. The highest BCUT2D eigenvalue weighted by Crippen LogP contribution is 2.32. The van der Waals surface area contributed by atoms with E-state index in [1.54, 1.807) is 20.2 Å². The maximum atomic E-state index is 12.4. The van der Waals surface area contributed by atoms with Gasteiger partial charge in [-0.2, -0.15) is 5.10 Å². The molecule has 2 rings (SSSR count). The number of halogens is 2. The Labute approximate surface area is 132 Å². The minimum atomic E-state index is -3.91. The molecule has 1 heterocycles. The summed E-state index contributed by atoms with van der Waals surface area (Å²) in [5, 5.41) is 13.4. The Hall–Kier alpha value is -1.28. The van der Waals surface area contributed by atoms with Crippen LogP contribution < -0.4 is 4.72 Å². The third kappa shape index (κ3) is 3.16. The van der Waals surface area contributed by atoms with Crippen LogP contribution in [0.3, 0.4) is 0 Å². The van der Waals surface area contributed by atoms with Gasteiger partial charge in [0.1, 0.15) is 4.90 Å². The number of sulfonamides is 1. The van der Waals surface area contributed by atoms with Crippen molar-refractivity contribution < 1.29 is 13.5 Å². The molecule has 0 fully saturated rings. The maximum Gasteiger partial charge on any atom is 0.263 e. The lowest BCUT2D eigenvalue weighted by atomic mass is 10.2. The van der Waals surface area contributed by atoms with Crippen LogP contribution in [0.5, 0.6) is 0 Å². The highest BCUT2D eigenvalue weighted by Gasteiger charge is 2.22. The highest BCUT2D eigenvalue weighted by atomic mass is 35.5. The molecule has 0 saturated carbocycles. The van der Waals surface area contributed by atoms with Gasteiger partial charge in [0.2, 0.25) is 0 Å². The monoisotopic (exact) mass is 349 g/mol. The van der Waals surface area contributed by atoms with Crippen molar-refractivity contribution >= 4 is 38.9 Å². The smallest absolute Gasteiger partial charge is 0.263 e. The van der Waals surface area contributed by atoms with E-state index in [4.69, 9.17) is 23.2 Å². The minimum Gasteiger partial charge on any atom is -0.392 e. The van der Waals surface area contributed by atoms with Gasteiger partial charge in [-0.15, -0.1) is 0 Å². The molecule has 0 radical (unpaired) electrons. The van der Waals surface area contributed by atoms with Crippen LogP contribution in [0.1, 0.15) is 11.3 Å². The highest BCUT2D eigenvalue weighted by molar-refractivity contribution is 7.92. The van der Waals surface area contributed by atoms with Crippen LogP contribution >= 0.6 is 23.2 Å². The molecular weight excluding hydrogens is 337 g/mol. The van der Waals surface area contributed by atoms with E-state index in [2.05, 4.69) is 9.82 Å². The van der Waals surface area contributed by atoms with E-state index in [1.165, 1.54) is 16.8 Å². The van der Waals surface area contributed by atoms with Crippen molar-refractivity contribution in [1.29, 1.82) is 0 Å². The number of nitrogens with zero attached hydrogens (tertiary/aromatic N) is 2. The van der Waals surface area contributed by atoms with E-state index in [1.807, 2.05) is 0 Å². The average Bonchev–Trinajstić information content (AvgIpc) is 2.67.